The van der Waals surface area contributed by atoms with Gasteiger partial charge >= 0.3 is 0 Å². The zero-order valence-corrected chi connectivity index (χ0v) is 17.9. The van der Waals surface area contributed by atoms with Crippen molar-refractivity contribution in [3.8, 4) is 0 Å². The first kappa shape index (κ1) is 20.7. The molecule has 2 aliphatic rings. The summed E-state index contributed by atoms with van der Waals surface area (Å²) in [5.41, 5.74) is 3.46. The summed E-state index contributed by atoms with van der Waals surface area (Å²) in [5.74, 6) is 1.29. The molecule has 1 unspecified atom stereocenters. The predicted octanol–water partition coefficient (Wildman–Crippen LogP) is 3.44. The van der Waals surface area contributed by atoms with E-state index in [1.165, 1.54) is 5.56 Å². The van der Waals surface area contributed by atoms with E-state index in [-0.39, 0.29) is 17.6 Å². The summed E-state index contributed by atoms with van der Waals surface area (Å²) in [4.78, 5) is 35.9. The summed E-state index contributed by atoms with van der Waals surface area (Å²) in [7, 11) is 0. The molecule has 6 nitrogen and oxygen atoms in total. The van der Waals surface area contributed by atoms with E-state index in [9.17, 15) is 9.59 Å². The quantitative estimate of drug-likeness (QED) is 0.823. The van der Waals surface area contributed by atoms with Crippen LogP contribution in [0.15, 0.2) is 30.3 Å². The lowest BCUT2D eigenvalue weighted by Gasteiger charge is -2.31. The maximum Gasteiger partial charge on any atom is 0.240 e. The van der Waals surface area contributed by atoms with Crippen molar-refractivity contribution in [3.05, 3.63) is 52.8 Å². The van der Waals surface area contributed by atoms with E-state index >= 15 is 0 Å². The number of anilines is 1. The van der Waals surface area contributed by atoms with Gasteiger partial charge in [0.25, 0.3) is 0 Å². The predicted molar refractivity (Wildman–Crippen MR) is 117 cm³/mol. The Balaban J connectivity index is 1.30. The summed E-state index contributed by atoms with van der Waals surface area (Å²) in [6.45, 7) is 6.09. The highest BCUT2D eigenvalue weighted by atomic mass is 16.2. The monoisotopic (exact) mass is 406 g/mol. The topological polar surface area (TPSA) is 75.2 Å². The molecule has 2 heterocycles. The fourth-order valence-electron chi connectivity index (χ4n) is 4.68. The molecule has 0 saturated carbocycles. The van der Waals surface area contributed by atoms with Crippen molar-refractivity contribution >= 4 is 17.6 Å². The van der Waals surface area contributed by atoms with Crippen LogP contribution in [0.2, 0.25) is 0 Å². The Bertz CT molecular complexity index is 920. The Morgan fingerprint density at radius 1 is 1.13 bits per heavy atom. The van der Waals surface area contributed by atoms with Crippen molar-refractivity contribution in [2.75, 3.05) is 25.0 Å². The van der Waals surface area contributed by atoms with Crippen LogP contribution in [0, 0.1) is 18.8 Å². The molecule has 0 bridgehead atoms. The second-order valence-corrected chi connectivity index (χ2v) is 8.85. The Labute approximate surface area is 178 Å². The molecule has 0 spiro atoms. The molecule has 4 rings (SSSR count). The molecule has 2 aromatic rings. The highest BCUT2D eigenvalue weighted by molar-refractivity contribution is 5.99. The van der Waals surface area contributed by atoms with E-state index in [0.717, 1.165) is 44.5 Å². The fourth-order valence-corrected chi connectivity index (χ4v) is 4.68. The van der Waals surface area contributed by atoms with Crippen molar-refractivity contribution in [2.24, 2.45) is 11.8 Å². The third-order valence-corrected chi connectivity index (χ3v) is 6.21. The number of aryl methyl sites for hydroxylation is 1. The van der Waals surface area contributed by atoms with Gasteiger partial charge in [0, 0.05) is 6.42 Å². The lowest BCUT2D eigenvalue weighted by atomic mass is 9.86. The van der Waals surface area contributed by atoms with E-state index in [1.807, 2.05) is 6.92 Å². The molecule has 158 valence electrons. The summed E-state index contributed by atoms with van der Waals surface area (Å²) in [5, 5.41) is 2.85. The van der Waals surface area contributed by atoms with Gasteiger partial charge in [0.1, 0.15) is 0 Å². The van der Waals surface area contributed by atoms with Crippen molar-refractivity contribution in [2.45, 2.75) is 46.0 Å². The third-order valence-electron chi connectivity index (χ3n) is 6.21. The first-order chi connectivity index (χ1) is 14.5. The van der Waals surface area contributed by atoms with Gasteiger partial charge in [0.2, 0.25) is 11.9 Å². The smallest absolute Gasteiger partial charge is 0.240 e. The minimum Gasteiger partial charge on any atom is -0.294 e. The second-order valence-electron chi connectivity index (χ2n) is 8.85. The Hall–Kier alpha value is -2.60. The SMILES string of the molecule is Cc1nc(NC(=O)CN2CCC(Cc3ccccc3)CC2)nc2c1C(=O)CC(C)C2. The van der Waals surface area contributed by atoms with Crippen molar-refractivity contribution in [3.63, 3.8) is 0 Å². The number of hydrogen-bond donors (Lipinski definition) is 1. The highest BCUT2D eigenvalue weighted by Crippen LogP contribution is 2.26. The number of benzene rings is 1. The molecule has 1 aliphatic heterocycles. The van der Waals surface area contributed by atoms with Crippen molar-refractivity contribution < 1.29 is 9.59 Å². The lowest BCUT2D eigenvalue weighted by molar-refractivity contribution is -0.117. The minimum absolute atomic E-state index is 0.0916. The van der Waals surface area contributed by atoms with Gasteiger partial charge < -0.3 is 0 Å². The van der Waals surface area contributed by atoms with E-state index in [4.69, 9.17) is 0 Å². The van der Waals surface area contributed by atoms with Gasteiger partial charge in [-0.25, -0.2) is 9.97 Å². The molecule has 6 heteroatoms. The van der Waals surface area contributed by atoms with Crippen LogP contribution in [0.4, 0.5) is 5.95 Å². The standard InChI is InChI=1S/C24H30N4O2/c1-16-12-20-23(21(29)13-16)17(2)25-24(26-20)27-22(30)15-28-10-8-19(9-11-28)14-18-6-4-3-5-7-18/h3-7,16,19H,8-15H2,1-2H3,(H,25,26,27,30). The molecule has 1 atom stereocenters. The van der Waals surface area contributed by atoms with E-state index in [1.54, 1.807) is 0 Å². The van der Waals surface area contributed by atoms with Gasteiger partial charge in [-0.3, -0.25) is 19.8 Å². The third kappa shape index (κ3) is 4.93. The zero-order chi connectivity index (χ0) is 21.1. The molecular formula is C24H30N4O2. The molecule has 1 aromatic heterocycles. The van der Waals surface area contributed by atoms with Crippen molar-refractivity contribution in [1.82, 2.24) is 14.9 Å². The van der Waals surface area contributed by atoms with Crippen LogP contribution in [-0.2, 0) is 17.6 Å². The molecule has 1 aliphatic carbocycles. The molecule has 0 radical (unpaired) electrons. The van der Waals surface area contributed by atoms with E-state index in [0.29, 0.717) is 36.1 Å². The number of rotatable bonds is 5. The van der Waals surface area contributed by atoms with Crippen LogP contribution < -0.4 is 5.32 Å². The molecule has 1 saturated heterocycles. The largest absolute Gasteiger partial charge is 0.294 e. The maximum absolute atomic E-state index is 12.6. The number of Topliss-reactive ketones (excluding diaryl/α,β-unsaturated/α-hetero) is 1. The number of fused-ring (bicyclic) bond motifs is 1. The number of nitrogens with zero attached hydrogens (tertiary/aromatic N) is 3. The second kappa shape index (κ2) is 9.04. The van der Waals surface area contributed by atoms with Crippen LogP contribution in [0.5, 0.6) is 0 Å². The van der Waals surface area contributed by atoms with Crippen LogP contribution in [0.25, 0.3) is 0 Å². The molecule has 1 fully saturated rings. The average Bonchev–Trinajstić information content (AvgIpc) is 2.69. The number of amides is 1. The van der Waals surface area contributed by atoms with Gasteiger partial charge in [0.15, 0.2) is 5.78 Å². The summed E-state index contributed by atoms with van der Waals surface area (Å²) >= 11 is 0. The zero-order valence-electron chi connectivity index (χ0n) is 17.9. The van der Waals surface area contributed by atoms with Crippen molar-refractivity contribution in [1.29, 1.82) is 0 Å². The van der Waals surface area contributed by atoms with Gasteiger partial charge in [-0.1, -0.05) is 37.3 Å². The van der Waals surface area contributed by atoms with Crippen LogP contribution in [0.3, 0.4) is 0 Å². The number of carbonyl (C=O) groups excluding carboxylic acids is 2. The lowest BCUT2D eigenvalue weighted by Crippen LogP contribution is -2.39. The average molecular weight is 407 g/mol. The number of likely N-dealkylation sites (tertiary alicyclic amines) is 1. The highest BCUT2D eigenvalue weighted by Gasteiger charge is 2.27. The number of nitrogens with one attached hydrogen (secondary N) is 1. The Kier molecular flexibility index (Phi) is 6.23. The Morgan fingerprint density at radius 2 is 1.87 bits per heavy atom. The number of ketones is 1. The van der Waals surface area contributed by atoms with Gasteiger partial charge in [-0.2, -0.15) is 0 Å². The number of piperidine rings is 1. The number of aromatic nitrogens is 2. The molecule has 1 N–H and O–H groups in total. The maximum atomic E-state index is 12.6. The van der Waals surface area contributed by atoms with Gasteiger partial charge in [-0.05, 0) is 63.1 Å². The van der Waals surface area contributed by atoms with Crippen LogP contribution in [-0.4, -0.2) is 46.2 Å². The van der Waals surface area contributed by atoms with E-state index < -0.39 is 0 Å². The Morgan fingerprint density at radius 3 is 2.60 bits per heavy atom. The normalized spacial score (nSPS) is 20.1. The molecule has 30 heavy (non-hydrogen) atoms. The summed E-state index contributed by atoms with van der Waals surface area (Å²) < 4.78 is 0. The van der Waals surface area contributed by atoms with Gasteiger partial charge in [-0.15, -0.1) is 0 Å². The summed E-state index contributed by atoms with van der Waals surface area (Å²) in [6.07, 6.45) is 4.62. The van der Waals surface area contributed by atoms with Gasteiger partial charge in [0.05, 0.1) is 23.5 Å². The summed E-state index contributed by atoms with van der Waals surface area (Å²) in [6, 6.07) is 10.6. The first-order valence-electron chi connectivity index (χ1n) is 10.9. The fraction of sp³-hybridized carbons (Fsp3) is 0.500. The minimum atomic E-state index is -0.0916. The molecule has 1 amide bonds. The van der Waals surface area contributed by atoms with Crippen LogP contribution >= 0.6 is 0 Å². The number of carbonyl (C=O) groups is 2. The van der Waals surface area contributed by atoms with Crippen LogP contribution in [0.1, 0.15) is 53.5 Å². The van der Waals surface area contributed by atoms with E-state index in [2.05, 4.69) is 57.4 Å². The number of hydrogen-bond acceptors (Lipinski definition) is 5. The first-order valence-corrected chi connectivity index (χ1v) is 10.9. The molecular weight excluding hydrogens is 376 g/mol. The molecule has 1 aromatic carbocycles.